The molecule has 1 saturated carbocycles. The summed E-state index contributed by atoms with van der Waals surface area (Å²) in [6.07, 6.45) is 5.72. The lowest BCUT2D eigenvalue weighted by molar-refractivity contribution is -0.139. The van der Waals surface area contributed by atoms with Gasteiger partial charge < -0.3 is 10.4 Å². The standard InChI is InChI=1S/C10H11N3O3/c14-9(7-3-11-5-12-4-7)13-8(10(15)16)6-1-2-6/h3-6,8H,1-2H2,(H,13,14)(H,15,16). The normalized spacial score (nSPS) is 16.5. The fraction of sp³-hybridized carbons (Fsp3) is 0.400. The summed E-state index contributed by atoms with van der Waals surface area (Å²) in [5.41, 5.74) is 0.273. The molecule has 0 saturated heterocycles. The molecule has 6 nitrogen and oxygen atoms in total. The number of nitrogens with one attached hydrogen (secondary N) is 1. The van der Waals surface area contributed by atoms with Crippen LogP contribution in [0.3, 0.4) is 0 Å². The predicted octanol–water partition coefficient (Wildman–Crippen LogP) is 0.0696. The van der Waals surface area contributed by atoms with Crippen LogP contribution in [0.5, 0.6) is 0 Å². The molecule has 1 fully saturated rings. The lowest BCUT2D eigenvalue weighted by atomic mass is 10.2. The number of rotatable bonds is 4. The number of hydrogen-bond acceptors (Lipinski definition) is 4. The minimum atomic E-state index is -0.993. The summed E-state index contributed by atoms with van der Waals surface area (Å²) in [6.45, 7) is 0. The highest BCUT2D eigenvalue weighted by molar-refractivity contribution is 5.96. The van der Waals surface area contributed by atoms with Crippen LogP contribution in [0.15, 0.2) is 18.7 Å². The van der Waals surface area contributed by atoms with Crippen molar-refractivity contribution in [2.24, 2.45) is 5.92 Å². The molecule has 1 atom stereocenters. The fourth-order valence-electron chi connectivity index (χ4n) is 1.45. The van der Waals surface area contributed by atoms with Gasteiger partial charge in [0.2, 0.25) is 0 Å². The molecule has 1 aromatic heterocycles. The van der Waals surface area contributed by atoms with Gasteiger partial charge in [0, 0.05) is 12.4 Å². The third-order valence-electron chi connectivity index (χ3n) is 2.47. The zero-order chi connectivity index (χ0) is 11.5. The lowest BCUT2D eigenvalue weighted by Crippen LogP contribution is -2.42. The molecule has 16 heavy (non-hydrogen) atoms. The Morgan fingerprint density at radius 3 is 2.50 bits per heavy atom. The maximum atomic E-state index is 11.6. The molecule has 0 bridgehead atoms. The highest BCUT2D eigenvalue weighted by Gasteiger charge is 2.37. The number of hydrogen-bond donors (Lipinski definition) is 2. The number of nitrogens with zero attached hydrogens (tertiary/aromatic N) is 2. The Morgan fingerprint density at radius 2 is 2.00 bits per heavy atom. The van der Waals surface area contributed by atoms with Crippen LogP contribution in [0, 0.1) is 5.92 Å². The van der Waals surface area contributed by atoms with Gasteiger partial charge >= 0.3 is 5.97 Å². The van der Waals surface area contributed by atoms with Gasteiger partial charge in [-0.25, -0.2) is 14.8 Å². The highest BCUT2D eigenvalue weighted by Crippen LogP contribution is 2.32. The largest absolute Gasteiger partial charge is 0.480 e. The predicted molar refractivity (Wildman–Crippen MR) is 53.6 cm³/mol. The Morgan fingerprint density at radius 1 is 1.38 bits per heavy atom. The molecular formula is C10H11N3O3. The van der Waals surface area contributed by atoms with E-state index in [0.717, 1.165) is 12.8 Å². The molecule has 0 radical (unpaired) electrons. The quantitative estimate of drug-likeness (QED) is 0.750. The fourth-order valence-corrected chi connectivity index (χ4v) is 1.45. The second-order valence-electron chi connectivity index (χ2n) is 3.75. The van der Waals surface area contributed by atoms with Crippen molar-refractivity contribution in [3.8, 4) is 0 Å². The van der Waals surface area contributed by atoms with E-state index < -0.39 is 17.9 Å². The van der Waals surface area contributed by atoms with Crippen LogP contribution in [0.4, 0.5) is 0 Å². The molecule has 6 heteroatoms. The first-order chi connectivity index (χ1) is 7.68. The monoisotopic (exact) mass is 221 g/mol. The van der Waals surface area contributed by atoms with Gasteiger partial charge in [0.25, 0.3) is 5.91 Å². The van der Waals surface area contributed by atoms with Crippen LogP contribution in [-0.4, -0.2) is 33.0 Å². The van der Waals surface area contributed by atoms with Crippen molar-refractivity contribution in [1.29, 1.82) is 0 Å². The van der Waals surface area contributed by atoms with Gasteiger partial charge in [-0.1, -0.05) is 0 Å². The van der Waals surface area contributed by atoms with Gasteiger partial charge in [-0.3, -0.25) is 4.79 Å². The van der Waals surface area contributed by atoms with Gasteiger partial charge in [0.05, 0.1) is 5.56 Å². The van der Waals surface area contributed by atoms with E-state index in [1.807, 2.05) is 0 Å². The lowest BCUT2D eigenvalue weighted by Gasteiger charge is -2.12. The zero-order valence-corrected chi connectivity index (χ0v) is 8.46. The van der Waals surface area contributed by atoms with E-state index in [1.165, 1.54) is 18.7 Å². The summed E-state index contributed by atoms with van der Waals surface area (Å²) in [6, 6.07) is -0.798. The van der Waals surface area contributed by atoms with Gasteiger partial charge in [0.1, 0.15) is 12.4 Å². The Hall–Kier alpha value is -1.98. The topological polar surface area (TPSA) is 92.2 Å². The Labute approximate surface area is 91.7 Å². The van der Waals surface area contributed by atoms with E-state index >= 15 is 0 Å². The Bertz CT molecular complexity index is 403. The molecule has 1 unspecified atom stereocenters. The molecule has 1 amide bonds. The number of amides is 1. The summed E-state index contributed by atoms with van der Waals surface area (Å²) in [4.78, 5) is 29.9. The molecule has 0 aromatic carbocycles. The Kier molecular flexibility index (Phi) is 2.80. The van der Waals surface area contributed by atoms with Crippen molar-refractivity contribution in [2.45, 2.75) is 18.9 Å². The number of carbonyl (C=O) groups excluding carboxylic acids is 1. The minimum Gasteiger partial charge on any atom is -0.480 e. The maximum absolute atomic E-state index is 11.6. The van der Waals surface area contributed by atoms with Crippen LogP contribution in [-0.2, 0) is 4.79 Å². The summed E-state index contributed by atoms with van der Waals surface area (Å²) < 4.78 is 0. The molecule has 1 aliphatic rings. The molecule has 2 N–H and O–H groups in total. The third kappa shape index (κ3) is 2.33. The molecule has 1 aliphatic carbocycles. The second-order valence-corrected chi connectivity index (χ2v) is 3.75. The SMILES string of the molecule is O=C(NC(C(=O)O)C1CC1)c1cncnc1. The van der Waals surface area contributed by atoms with Crippen molar-refractivity contribution < 1.29 is 14.7 Å². The van der Waals surface area contributed by atoms with E-state index in [0.29, 0.717) is 0 Å². The van der Waals surface area contributed by atoms with Crippen LogP contribution < -0.4 is 5.32 Å². The van der Waals surface area contributed by atoms with Crippen molar-refractivity contribution >= 4 is 11.9 Å². The Balaban J connectivity index is 2.03. The number of carboxylic acids is 1. The number of carbonyl (C=O) groups is 2. The molecule has 1 heterocycles. The molecular weight excluding hydrogens is 210 g/mol. The second kappa shape index (κ2) is 4.26. The van der Waals surface area contributed by atoms with Crippen molar-refractivity contribution in [3.05, 3.63) is 24.3 Å². The van der Waals surface area contributed by atoms with Crippen LogP contribution >= 0.6 is 0 Å². The molecule has 0 spiro atoms. The molecule has 2 rings (SSSR count). The van der Waals surface area contributed by atoms with Gasteiger partial charge in [-0.05, 0) is 18.8 Å². The summed E-state index contributed by atoms with van der Waals surface area (Å²) in [5, 5.41) is 11.4. The summed E-state index contributed by atoms with van der Waals surface area (Å²) in [7, 11) is 0. The average molecular weight is 221 g/mol. The van der Waals surface area contributed by atoms with E-state index in [1.54, 1.807) is 0 Å². The number of aliphatic carboxylic acids is 1. The van der Waals surface area contributed by atoms with Crippen LogP contribution in [0.25, 0.3) is 0 Å². The number of aromatic nitrogens is 2. The van der Waals surface area contributed by atoms with E-state index in [4.69, 9.17) is 5.11 Å². The summed E-state index contributed by atoms with van der Waals surface area (Å²) in [5.74, 6) is -1.38. The summed E-state index contributed by atoms with van der Waals surface area (Å²) >= 11 is 0. The number of carboxylic acid groups (broad SMARTS) is 1. The molecule has 84 valence electrons. The van der Waals surface area contributed by atoms with Crippen LogP contribution in [0.2, 0.25) is 0 Å². The third-order valence-corrected chi connectivity index (χ3v) is 2.47. The van der Waals surface area contributed by atoms with Crippen molar-refractivity contribution in [2.75, 3.05) is 0 Å². The molecule has 1 aromatic rings. The van der Waals surface area contributed by atoms with Gasteiger partial charge in [0.15, 0.2) is 0 Å². The minimum absolute atomic E-state index is 0.0612. The van der Waals surface area contributed by atoms with E-state index in [2.05, 4.69) is 15.3 Å². The first kappa shape index (κ1) is 10.5. The van der Waals surface area contributed by atoms with Gasteiger partial charge in [-0.2, -0.15) is 0 Å². The van der Waals surface area contributed by atoms with Gasteiger partial charge in [-0.15, -0.1) is 0 Å². The van der Waals surface area contributed by atoms with E-state index in [9.17, 15) is 9.59 Å². The average Bonchev–Trinajstić information content (AvgIpc) is 3.10. The molecule has 0 aliphatic heterocycles. The first-order valence-electron chi connectivity index (χ1n) is 4.97. The first-order valence-corrected chi connectivity index (χ1v) is 4.97. The smallest absolute Gasteiger partial charge is 0.326 e. The van der Waals surface area contributed by atoms with Crippen LogP contribution in [0.1, 0.15) is 23.2 Å². The zero-order valence-electron chi connectivity index (χ0n) is 8.46. The van der Waals surface area contributed by atoms with Crippen molar-refractivity contribution in [1.82, 2.24) is 15.3 Å². The van der Waals surface area contributed by atoms with E-state index in [-0.39, 0.29) is 11.5 Å². The van der Waals surface area contributed by atoms with Crippen molar-refractivity contribution in [3.63, 3.8) is 0 Å². The maximum Gasteiger partial charge on any atom is 0.326 e. The highest BCUT2D eigenvalue weighted by atomic mass is 16.4.